The Kier molecular flexibility index (Phi) is 6.80. The highest BCUT2D eigenvalue weighted by atomic mass is 16.5. The molecule has 0 aliphatic carbocycles. The van der Waals surface area contributed by atoms with Gasteiger partial charge in [-0.2, -0.15) is 5.10 Å². The van der Waals surface area contributed by atoms with Crippen LogP contribution in [0.2, 0.25) is 0 Å². The molecule has 0 aliphatic heterocycles. The average molecular weight is 200 g/mol. The highest BCUT2D eigenvalue weighted by Crippen LogP contribution is 1.94. The van der Waals surface area contributed by atoms with Crippen molar-refractivity contribution in [3.8, 4) is 0 Å². The van der Waals surface area contributed by atoms with Gasteiger partial charge in [0.25, 0.3) is 0 Å². The first-order chi connectivity index (χ1) is 6.61. The molecule has 4 heteroatoms. The molecule has 0 aromatic heterocycles. The van der Waals surface area contributed by atoms with Crippen LogP contribution in [-0.4, -0.2) is 36.9 Å². The summed E-state index contributed by atoms with van der Waals surface area (Å²) in [6, 6.07) is 0. The number of hydrogen-bond donors (Lipinski definition) is 0. The third-order valence-corrected chi connectivity index (χ3v) is 1.73. The van der Waals surface area contributed by atoms with Crippen LogP contribution in [0.15, 0.2) is 5.10 Å². The van der Waals surface area contributed by atoms with Crippen molar-refractivity contribution < 1.29 is 9.53 Å². The van der Waals surface area contributed by atoms with Crippen LogP contribution in [-0.2, 0) is 9.53 Å². The van der Waals surface area contributed by atoms with Crippen LogP contribution in [0.5, 0.6) is 0 Å². The van der Waals surface area contributed by atoms with Crippen LogP contribution in [0.4, 0.5) is 0 Å². The first-order valence-corrected chi connectivity index (χ1v) is 5.05. The van der Waals surface area contributed by atoms with Gasteiger partial charge in [-0.25, -0.2) is 4.79 Å². The Hall–Kier alpha value is -1.06. The molecule has 0 atom stereocenters. The summed E-state index contributed by atoms with van der Waals surface area (Å²) in [5, 5.41) is 5.88. The van der Waals surface area contributed by atoms with E-state index in [0.29, 0.717) is 12.3 Å². The maximum atomic E-state index is 11.2. The maximum absolute atomic E-state index is 11.2. The van der Waals surface area contributed by atoms with Gasteiger partial charge < -0.3 is 4.74 Å². The van der Waals surface area contributed by atoms with E-state index in [1.54, 1.807) is 18.9 Å². The van der Waals surface area contributed by atoms with E-state index in [-0.39, 0.29) is 5.97 Å². The predicted molar refractivity (Wildman–Crippen MR) is 57.3 cm³/mol. The second kappa shape index (κ2) is 7.35. The van der Waals surface area contributed by atoms with Crippen molar-refractivity contribution in [1.29, 1.82) is 0 Å². The van der Waals surface area contributed by atoms with E-state index in [1.165, 1.54) is 0 Å². The largest absolute Gasteiger partial charge is 0.461 e. The van der Waals surface area contributed by atoms with Crippen molar-refractivity contribution in [2.75, 3.05) is 20.2 Å². The van der Waals surface area contributed by atoms with Crippen molar-refractivity contribution in [3.05, 3.63) is 0 Å². The number of unbranched alkanes of at least 4 members (excludes halogenated alkanes) is 1. The van der Waals surface area contributed by atoms with Gasteiger partial charge in [0.1, 0.15) is 5.71 Å². The van der Waals surface area contributed by atoms with Crippen LogP contribution >= 0.6 is 0 Å². The second-order valence-corrected chi connectivity index (χ2v) is 3.14. The van der Waals surface area contributed by atoms with Gasteiger partial charge in [-0.3, -0.25) is 5.01 Å². The van der Waals surface area contributed by atoms with Crippen LogP contribution in [0, 0.1) is 0 Å². The monoisotopic (exact) mass is 200 g/mol. The smallest absolute Gasteiger partial charge is 0.354 e. The molecular formula is C10H20N2O2. The Morgan fingerprint density at radius 2 is 2.07 bits per heavy atom. The van der Waals surface area contributed by atoms with Gasteiger partial charge in [0.05, 0.1) is 6.61 Å². The number of hydrazone groups is 1. The van der Waals surface area contributed by atoms with Crippen LogP contribution in [0.25, 0.3) is 0 Å². The van der Waals surface area contributed by atoms with Crippen molar-refractivity contribution in [2.45, 2.75) is 33.6 Å². The zero-order chi connectivity index (χ0) is 11.0. The fourth-order valence-electron chi connectivity index (χ4n) is 0.969. The van der Waals surface area contributed by atoms with Gasteiger partial charge in [0.15, 0.2) is 0 Å². The summed E-state index contributed by atoms with van der Waals surface area (Å²) in [6.45, 7) is 6.83. The molecule has 0 heterocycles. The van der Waals surface area contributed by atoms with Crippen molar-refractivity contribution in [3.63, 3.8) is 0 Å². The number of esters is 1. The number of nitrogens with zero attached hydrogens (tertiary/aromatic N) is 2. The van der Waals surface area contributed by atoms with Gasteiger partial charge in [-0.15, -0.1) is 0 Å². The zero-order valence-corrected chi connectivity index (χ0v) is 9.54. The molecule has 0 aromatic rings. The molecule has 0 fully saturated rings. The number of ether oxygens (including phenoxy) is 1. The minimum atomic E-state index is -0.337. The first kappa shape index (κ1) is 12.9. The summed E-state index contributed by atoms with van der Waals surface area (Å²) in [6.07, 6.45) is 2.20. The summed E-state index contributed by atoms with van der Waals surface area (Å²) >= 11 is 0. The van der Waals surface area contributed by atoms with Gasteiger partial charge in [-0.05, 0) is 20.3 Å². The third-order valence-electron chi connectivity index (χ3n) is 1.73. The Morgan fingerprint density at radius 1 is 1.43 bits per heavy atom. The molecule has 0 saturated carbocycles. The predicted octanol–water partition coefficient (Wildman–Crippen LogP) is 1.66. The quantitative estimate of drug-likeness (QED) is 0.372. The minimum Gasteiger partial charge on any atom is -0.461 e. The SMILES string of the molecule is CCCCN(C)/N=C(\C)C(=O)OCC. The van der Waals surface area contributed by atoms with Crippen molar-refractivity contribution in [2.24, 2.45) is 5.10 Å². The lowest BCUT2D eigenvalue weighted by molar-refractivity contribution is -0.135. The van der Waals surface area contributed by atoms with Gasteiger partial charge in [0.2, 0.25) is 0 Å². The Morgan fingerprint density at radius 3 is 2.57 bits per heavy atom. The maximum Gasteiger partial charge on any atom is 0.354 e. The van der Waals surface area contributed by atoms with Gasteiger partial charge in [-0.1, -0.05) is 13.3 Å². The number of carbonyl (C=O) groups excluding carboxylic acids is 1. The van der Waals surface area contributed by atoms with Gasteiger partial charge in [0, 0.05) is 13.6 Å². The van der Waals surface area contributed by atoms with E-state index in [1.807, 2.05) is 7.05 Å². The molecule has 0 saturated heterocycles. The molecule has 0 aromatic carbocycles. The Bertz CT molecular complexity index is 202. The molecular weight excluding hydrogens is 180 g/mol. The molecule has 4 nitrogen and oxygen atoms in total. The Labute approximate surface area is 85.9 Å². The zero-order valence-electron chi connectivity index (χ0n) is 9.54. The third kappa shape index (κ3) is 5.56. The van der Waals surface area contributed by atoms with E-state index in [4.69, 9.17) is 4.74 Å². The first-order valence-electron chi connectivity index (χ1n) is 5.05. The normalized spacial score (nSPS) is 11.3. The molecule has 0 N–H and O–H groups in total. The molecule has 0 bridgehead atoms. The van der Waals surface area contributed by atoms with Crippen LogP contribution in [0.3, 0.4) is 0 Å². The molecule has 0 aliphatic rings. The van der Waals surface area contributed by atoms with Gasteiger partial charge >= 0.3 is 5.97 Å². The molecule has 82 valence electrons. The summed E-state index contributed by atoms with van der Waals surface area (Å²) in [5.74, 6) is -0.337. The Balaban J connectivity index is 4.00. The van der Waals surface area contributed by atoms with E-state index in [9.17, 15) is 4.79 Å². The van der Waals surface area contributed by atoms with E-state index >= 15 is 0 Å². The van der Waals surface area contributed by atoms with E-state index in [0.717, 1.165) is 19.4 Å². The topological polar surface area (TPSA) is 41.9 Å². The average Bonchev–Trinajstić information content (AvgIpc) is 2.15. The highest BCUT2D eigenvalue weighted by Gasteiger charge is 2.06. The molecule has 14 heavy (non-hydrogen) atoms. The molecule has 0 rings (SSSR count). The highest BCUT2D eigenvalue weighted by molar-refractivity contribution is 6.35. The summed E-state index contributed by atoms with van der Waals surface area (Å²) in [5.41, 5.74) is 0.408. The fraction of sp³-hybridized carbons (Fsp3) is 0.800. The van der Waals surface area contributed by atoms with Crippen molar-refractivity contribution >= 4 is 11.7 Å². The molecule has 0 spiro atoms. The summed E-state index contributed by atoms with van der Waals surface area (Å²) < 4.78 is 4.81. The lowest BCUT2D eigenvalue weighted by Crippen LogP contribution is -2.20. The van der Waals surface area contributed by atoms with Crippen LogP contribution in [0.1, 0.15) is 33.6 Å². The number of carbonyl (C=O) groups is 1. The standard InChI is InChI=1S/C10H20N2O2/c1-5-7-8-12(4)11-9(3)10(13)14-6-2/h5-8H2,1-4H3/b11-9+. The fourth-order valence-corrected chi connectivity index (χ4v) is 0.969. The lowest BCUT2D eigenvalue weighted by atomic mass is 10.3. The van der Waals surface area contributed by atoms with E-state index < -0.39 is 0 Å². The summed E-state index contributed by atoms with van der Waals surface area (Å²) in [4.78, 5) is 11.2. The number of hydrogen-bond acceptors (Lipinski definition) is 4. The number of rotatable bonds is 6. The van der Waals surface area contributed by atoms with Crippen molar-refractivity contribution in [1.82, 2.24) is 5.01 Å². The van der Waals surface area contributed by atoms with E-state index in [2.05, 4.69) is 12.0 Å². The molecule has 0 unspecified atom stereocenters. The lowest BCUT2D eigenvalue weighted by Gasteiger charge is -2.12. The molecule has 0 radical (unpaired) electrons. The molecule has 0 amide bonds. The minimum absolute atomic E-state index is 0.337. The summed E-state index contributed by atoms with van der Waals surface area (Å²) in [7, 11) is 1.86. The van der Waals surface area contributed by atoms with Crippen LogP contribution < -0.4 is 0 Å². The second-order valence-electron chi connectivity index (χ2n) is 3.14.